The number of thiazole rings is 1. The van der Waals surface area contributed by atoms with Crippen molar-refractivity contribution in [1.29, 1.82) is 0 Å². The summed E-state index contributed by atoms with van der Waals surface area (Å²) < 4.78 is 1.61. The number of carbonyl (C=O) groups excluding carboxylic acids is 3. The van der Waals surface area contributed by atoms with Gasteiger partial charge in [0.15, 0.2) is 4.34 Å². The van der Waals surface area contributed by atoms with Gasteiger partial charge in [-0.25, -0.2) is 9.88 Å². The fraction of sp³-hybridized carbons (Fsp3) is 0.120. The van der Waals surface area contributed by atoms with E-state index >= 15 is 0 Å². The minimum atomic E-state index is -0.321. The fourth-order valence-electron chi connectivity index (χ4n) is 3.75. The molecule has 3 amide bonds. The molecule has 0 radical (unpaired) electrons. The topological polar surface area (TPSA) is 79.4 Å². The Morgan fingerprint density at radius 1 is 1.00 bits per heavy atom. The SMILES string of the molecule is C[C@H](NC(=O)CSc1nc2ccc(N3C(=O)c4ccccc4C3=O)cc2s1)c1ccccc1. The third-order valence-corrected chi connectivity index (χ3v) is 7.57. The largest absolute Gasteiger partial charge is 0.349 e. The van der Waals surface area contributed by atoms with Gasteiger partial charge in [-0.15, -0.1) is 11.3 Å². The van der Waals surface area contributed by atoms with Crippen molar-refractivity contribution in [1.82, 2.24) is 10.3 Å². The zero-order valence-electron chi connectivity index (χ0n) is 17.6. The number of hydrogen-bond donors (Lipinski definition) is 1. The Hall–Kier alpha value is -3.49. The van der Waals surface area contributed by atoms with E-state index in [1.807, 2.05) is 37.3 Å². The fourth-order valence-corrected chi connectivity index (χ4v) is 5.66. The van der Waals surface area contributed by atoms with Gasteiger partial charge in [-0.2, -0.15) is 0 Å². The lowest BCUT2D eigenvalue weighted by atomic mass is 10.1. The summed E-state index contributed by atoms with van der Waals surface area (Å²) in [5, 5.41) is 3.00. The van der Waals surface area contributed by atoms with Crippen LogP contribution in [0.4, 0.5) is 5.69 Å². The molecule has 0 spiro atoms. The number of amides is 3. The lowest BCUT2D eigenvalue weighted by Gasteiger charge is -2.13. The van der Waals surface area contributed by atoms with E-state index in [9.17, 15) is 14.4 Å². The molecule has 0 bridgehead atoms. The van der Waals surface area contributed by atoms with Gasteiger partial charge >= 0.3 is 0 Å². The normalized spacial score (nSPS) is 13.9. The first-order chi connectivity index (χ1) is 16.0. The van der Waals surface area contributed by atoms with Crippen LogP contribution in [-0.4, -0.2) is 28.5 Å². The maximum Gasteiger partial charge on any atom is 0.266 e. The molecule has 0 fully saturated rings. The molecule has 0 unspecified atom stereocenters. The summed E-state index contributed by atoms with van der Waals surface area (Å²) >= 11 is 2.80. The van der Waals surface area contributed by atoms with Gasteiger partial charge in [-0.3, -0.25) is 14.4 Å². The Balaban J connectivity index is 1.28. The molecule has 1 atom stereocenters. The van der Waals surface area contributed by atoms with E-state index < -0.39 is 0 Å². The third kappa shape index (κ3) is 4.15. The minimum absolute atomic E-state index is 0.0673. The number of thioether (sulfide) groups is 1. The van der Waals surface area contributed by atoms with E-state index in [4.69, 9.17) is 0 Å². The molecule has 164 valence electrons. The molecule has 0 saturated heterocycles. The number of fused-ring (bicyclic) bond motifs is 2. The molecule has 3 aromatic carbocycles. The Kier molecular flexibility index (Phi) is 5.70. The average molecular weight is 474 g/mol. The highest BCUT2D eigenvalue weighted by Gasteiger charge is 2.36. The smallest absolute Gasteiger partial charge is 0.266 e. The van der Waals surface area contributed by atoms with Crippen molar-refractivity contribution in [2.45, 2.75) is 17.3 Å². The standard InChI is InChI=1S/C25H19N3O3S2/c1-15(16-7-3-2-4-8-16)26-22(29)14-32-25-27-20-12-11-17(13-21(20)33-25)28-23(30)18-9-5-6-10-19(18)24(28)31/h2-13,15H,14H2,1H3,(H,26,29)/t15-/m0/s1. The maximum absolute atomic E-state index is 12.8. The first-order valence-electron chi connectivity index (χ1n) is 10.4. The van der Waals surface area contributed by atoms with Crippen molar-refractivity contribution < 1.29 is 14.4 Å². The molecule has 2 heterocycles. The summed E-state index contributed by atoms with van der Waals surface area (Å²) in [6.45, 7) is 1.95. The molecule has 6 nitrogen and oxygen atoms in total. The Labute approximate surface area is 198 Å². The zero-order valence-corrected chi connectivity index (χ0v) is 19.3. The highest BCUT2D eigenvalue weighted by Crippen LogP contribution is 2.34. The molecule has 1 aliphatic rings. The van der Waals surface area contributed by atoms with Crippen LogP contribution in [0.15, 0.2) is 77.1 Å². The lowest BCUT2D eigenvalue weighted by molar-refractivity contribution is -0.119. The Morgan fingerprint density at radius 2 is 1.67 bits per heavy atom. The van der Waals surface area contributed by atoms with Gasteiger partial charge in [0.25, 0.3) is 11.8 Å². The molecular weight excluding hydrogens is 454 g/mol. The van der Waals surface area contributed by atoms with Crippen molar-refractivity contribution in [3.8, 4) is 0 Å². The van der Waals surface area contributed by atoms with Gasteiger partial charge in [0.2, 0.25) is 5.91 Å². The van der Waals surface area contributed by atoms with Crippen molar-refractivity contribution in [2.75, 3.05) is 10.7 Å². The Morgan fingerprint density at radius 3 is 2.36 bits per heavy atom. The van der Waals surface area contributed by atoms with Crippen LogP contribution in [-0.2, 0) is 4.79 Å². The first-order valence-corrected chi connectivity index (χ1v) is 12.2. The number of rotatable bonds is 6. The van der Waals surface area contributed by atoms with Crippen molar-refractivity contribution in [3.05, 3.63) is 89.5 Å². The van der Waals surface area contributed by atoms with Crippen molar-refractivity contribution in [3.63, 3.8) is 0 Å². The second-order valence-electron chi connectivity index (χ2n) is 7.61. The number of imide groups is 1. The van der Waals surface area contributed by atoms with Gasteiger partial charge < -0.3 is 5.32 Å². The second kappa shape index (κ2) is 8.80. The highest BCUT2D eigenvalue weighted by molar-refractivity contribution is 8.01. The molecule has 0 aliphatic carbocycles. The van der Waals surface area contributed by atoms with Crippen LogP contribution in [0.2, 0.25) is 0 Å². The summed E-state index contributed by atoms with van der Waals surface area (Å²) in [7, 11) is 0. The van der Waals surface area contributed by atoms with Crippen molar-refractivity contribution in [2.24, 2.45) is 0 Å². The Bertz CT molecular complexity index is 1350. The van der Waals surface area contributed by atoms with Crippen molar-refractivity contribution >= 4 is 56.7 Å². The number of carbonyl (C=O) groups is 3. The zero-order chi connectivity index (χ0) is 22.9. The minimum Gasteiger partial charge on any atom is -0.349 e. The number of anilines is 1. The molecule has 5 rings (SSSR count). The number of aromatic nitrogens is 1. The summed E-state index contributed by atoms with van der Waals surface area (Å²) in [5.41, 5.74) is 3.17. The van der Waals surface area contributed by atoms with Crippen LogP contribution in [0.25, 0.3) is 10.2 Å². The highest BCUT2D eigenvalue weighted by atomic mass is 32.2. The van der Waals surface area contributed by atoms with Gasteiger partial charge in [-0.1, -0.05) is 54.2 Å². The quantitative estimate of drug-likeness (QED) is 0.313. The summed E-state index contributed by atoms with van der Waals surface area (Å²) in [5.74, 6) is -0.457. The summed E-state index contributed by atoms with van der Waals surface area (Å²) in [4.78, 5) is 43.7. The van der Waals surface area contributed by atoms with Crippen LogP contribution < -0.4 is 10.2 Å². The second-order valence-corrected chi connectivity index (χ2v) is 9.86. The van der Waals surface area contributed by atoms with Gasteiger partial charge in [0.1, 0.15) is 0 Å². The molecule has 4 aromatic rings. The van der Waals surface area contributed by atoms with E-state index in [0.29, 0.717) is 16.8 Å². The summed E-state index contributed by atoms with van der Waals surface area (Å²) in [6, 6.07) is 21.9. The predicted octanol–water partition coefficient (Wildman–Crippen LogP) is 5.07. The molecular formula is C25H19N3O3S2. The number of benzene rings is 3. The van der Waals surface area contributed by atoms with Gasteiger partial charge in [0.05, 0.1) is 38.8 Å². The van der Waals surface area contributed by atoms with Crippen LogP contribution in [0, 0.1) is 0 Å². The van der Waals surface area contributed by atoms with E-state index in [1.54, 1.807) is 42.5 Å². The lowest BCUT2D eigenvalue weighted by Crippen LogP contribution is -2.29. The predicted molar refractivity (Wildman–Crippen MR) is 131 cm³/mol. The van der Waals surface area contributed by atoms with Gasteiger partial charge in [0, 0.05) is 0 Å². The molecule has 1 N–H and O–H groups in total. The number of nitrogens with one attached hydrogen (secondary N) is 1. The molecule has 1 aromatic heterocycles. The monoisotopic (exact) mass is 473 g/mol. The van der Waals surface area contributed by atoms with E-state index in [1.165, 1.54) is 28.0 Å². The molecule has 8 heteroatoms. The maximum atomic E-state index is 12.8. The van der Waals surface area contributed by atoms with Crippen LogP contribution in [0.1, 0.15) is 39.2 Å². The van der Waals surface area contributed by atoms with Crippen LogP contribution in [0.3, 0.4) is 0 Å². The average Bonchev–Trinajstić information content (AvgIpc) is 3.36. The third-order valence-electron chi connectivity index (χ3n) is 5.41. The summed E-state index contributed by atoms with van der Waals surface area (Å²) in [6.07, 6.45) is 0. The van der Waals surface area contributed by atoms with E-state index in [-0.39, 0.29) is 29.5 Å². The number of nitrogens with zero attached hydrogens (tertiary/aromatic N) is 2. The molecule has 0 saturated carbocycles. The van der Waals surface area contributed by atoms with Crippen LogP contribution in [0.5, 0.6) is 0 Å². The van der Waals surface area contributed by atoms with Gasteiger partial charge in [-0.05, 0) is 42.8 Å². The van der Waals surface area contributed by atoms with Crippen LogP contribution >= 0.6 is 23.1 Å². The molecule has 33 heavy (non-hydrogen) atoms. The first kappa shape index (κ1) is 21.4. The molecule has 1 aliphatic heterocycles. The van der Waals surface area contributed by atoms with E-state index in [0.717, 1.165) is 20.1 Å². The number of hydrogen-bond acceptors (Lipinski definition) is 6. The van der Waals surface area contributed by atoms with E-state index in [2.05, 4.69) is 10.3 Å².